The summed E-state index contributed by atoms with van der Waals surface area (Å²) in [5.41, 5.74) is 0.391. The summed E-state index contributed by atoms with van der Waals surface area (Å²) in [6, 6.07) is 4.13. The average molecular weight is 264 g/mol. The van der Waals surface area contributed by atoms with E-state index in [1.807, 2.05) is 12.1 Å². The average Bonchev–Trinajstić information content (AvgIpc) is 2.91. The second-order valence-electron chi connectivity index (χ2n) is 6.39. The molecule has 1 saturated carbocycles. The fourth-order valence-electron chi connectivity index (χ4n) is 3.05. The van der Waals surface area contributed by atoms with E-state index in [0.717, 1.165) is 12.2 Å². The maximum Gasteiger partial charge on any atom is 0.234 e. The van der Waals surface area contributed by atoms with Gasteiger partial charge in [-0.15, -0.1) is 0 Å². The highest BCUT2D eigenvalue weighted by Crippen LogP contribution is 2.40. The van der Waals surface area contributed by atoms with Crippen LogP contribution in [0, 0.1) is 11.3 Å². The minimum atomic E-state index is 0.0216. The normalized spacial score (nSPS) is 25.4. The van der Waals surface area contributed by atoms with Crippen molar-refractivity contribution in [1.82, 2.24) is 10.6 Å². The topological polar surface area (TPSA) is 54.3 Å². The van der Waals surface area contributed by atoms with Crippen LogP contribution in [0.25, 0.3) is 0 Å². The number of amides is 1. The van der Waals surface area contributed by atoms with Gasteiger partial charge in [0.15, 0.2) is 0 Å². The van der Waals surface area contributed by atoms with Crippen molar-refractivity contribution in [2.24, 2.45) is 11.3 Å². The Morgan fingerprint density at radius 3 is 2.84 bits per heavy atom. The molecule has 2 atom stereocenters. The first-order chi connectivity index (χ1) is 8.96. The van der Waals surface area contributed by atoms with Crippen LogP contribution in [0.2, 0.25) is 0 Å². The van der Waals surface area contributed by atoms with Crippen molar-refractivity contribution in [3.63, 3.8) is 0 Å². The van der Waals surface area contributed by atoms with Crippen LogP contribution in [-0.4, -0.2) is 18.5 Å². The molecule has 0 aliphatic heterocycles. The number of carbonyl (C=O) groups excluding carboxylic acids is 1. The van der Waals surface area contributed by atoms with Gasteiger partial charge in [-0.05, 0) is 36.3 Å². The molecule has 0 saturated heterocycles. The van der Waals surface area contributed by atoms with Gasteiger partial charge in [-0.2, -0.15) is 0 Å². The summed E-state index contributed by atoms with van der Waals surface area (Å²) in [5, 5.41) is 6.22. The highest BCUT2D eigenvalue weighted by molar-refractivity contribution is 5.77. The monoisotopic (exact) mass is 264 g/mol. The summed E-state index contributed by atoms with van der Waals surface area (Å²) < 4.78 is 5.17. The smallest absolute Gasteiger partial charge is 0.234 e. The fraction of sp³-hybridized carbons (Fsp3) is 0.667. The summed E-state index contributed by atoms with van der Waals surface area (Å²) >= 11 is 0. The van der Waals surface area contributed by atoms with Crippen LogP contribution in [0.1, 0.15) is 39.4 Å². The zero-order chi connectivity index (χ0) is 13.9. The first-order valence-electron chi connectivity index (χ1n) is 6.99. The van der Waals surface area contributed by atoms with Crippen LogP contribution >= 0.6 is 0 Å². The Balaban J connectivity index is 1.69. The summed E-state index contributed by atoms with van der Waals surface area (Å²) in [5.74, 6) is 1.44. The second-order valence-corrected chi connectivity index (χ2v) is 6.39. The molecule has 4 nitrogen and oxygen atoms in total. The van der Waals surface area contributed by atoms with Crippen molar-refractivity contribution in [1.29, 1.82) is 0 Å². The van der Waals surface area contributed by atoms with E-state index in [1.165, 1.54) is 6.42 Å². The van der Waals surface area contributed by atoms with E-state index in [0.29, 0.717) is 30.5 Å². The Hall–Kier alpha value is -1.29. The minimum absolute atomic E-state index is 0.0216. The summed E-state index contributed by atoms with van der Waals surface area (Å²) in [6.07, 6.45) is 3.97. The lowest BCUT2D eigenvalue weighted by Gasteiger charge is -2.18. The van der Waals surface area contributed by atoms with E-state index >= 15 is 0 Å². The molecule has 1 aromatic rings. The Labute approximate surface area is 114 Å². The second kappa shape index (κ2) is 5.78. The number of carbonyl (C=O) groups is 1. The third-order valence-electron chi connectivity index (χ3n) is 3.90. The van der Waals surface area contributed by atoms with E-state index < -0.39 is 0 Å². The first kappa shape index (κ1) is 14.1. The molecule has 1 aliphatic carbocycles. The number of hydrogen-bond donors (Lipinski definition) is 2. The van der Waals surface area contributed by atoms with Crippen molar-refractivity contribution < 1.29 is 9.21 Å². The van der Waals surface area contributed by atoms with E-state index in [-0.39, 0.29) is 5.91 Å². The van der Waals surface area contributed by atoms with Crippen molar-refractivity contribution in [2.75, 3.05) is 6.54 Å². The van der Waals surface area contributed by atoms with Gasteiger partial charge in [0.1, 0.15) is 5.76 Å². The predicted octanol–water partition coefficient (Wildman–Crippen LogP) is 2.31. The van der Waals surface area contributed by atoms with Crippen LogP contribution < -0.4 is 10.6 Å². The van der Waals surface area contributed by atoms with Crippen molar-refractivity contribution in [3.05, 3.63) is 24.2 Å². The summed E-state index contributed by atoms with van der Waals surface area (Å²) in [4.78, 5) is 11.7. The quantitative estimate of drug-likeness (QED) is 0.858. The lowest BCUT2D eigenvalue weighted by molar-refractivity contribution is -0.120. The van der Waals surface area contributed by atoms with Gasteiger partial charge in [0.2, 0.25) is 5.91 Å². The fourth-order valence-corrected chi connectivity index (χ4v) is 3.05. The van der Waals surface area contributed by atoms with Crippen LogP contribution in [0.5, 0.6) is 0 Å². The van der Waals surface area contributed by atoms with Gasteiger partial charge in [-0.3, -0.25) is 4.79 Å². The van der Waals surface area contributed by atoms with Crippen molar-refractivity contribution in [3.8, 4) is 0 Å². The van der Waals surface area contributed by atoms with Crippen LogP contribution in [0.15, 0.2) is 22.8 Å². The molecule has 4 heteroatoms. The Bertz CT molecular complexity index is 412. The molecule has 0 aromatic carbocycles. The third kappa shape index (κ3) is 4.10. The molecule has 1 aromatic heterocycles. The van der Waals surface area contributed by atoms with Crippen LogP contribution in [0.4, 0.5) is 0 Å². The Morgan fingerprint density at radius 2 is 2.26 bits per heavy atom. The maximum atomic E-state index is 11.7. The number of furan rings is 1. The molecule has 0 radical (unpaired) electrons. The molecule has 0 spiro atoms. The van der Waals surface area contributed by atoms with Gasteiger partial charge in [-0.1, -0.05) is 20.8 Å². The molecule has 19 heavy (non-hydrogen) atoms. The van der Waals surface area contributed by atoms with E-state index in [9.17, 15) is 4.79 Å². The number of nitrogens with one attached hydrogen (secondary N) is 2. The highest BCUT2D eigenvalue weighted by Gasteiger charge is 2.36. The highest BCUT2D eigenvalue weighted by atomic mass is 16.3. The number of hydrogen-bond acceptors (Lipinski definition) is 3. The summed E-state index contributed by atoms with van der Waals surface area (Å²) in [6.45, 7) is 7.68. The molecular weight excluding hydrogens is 240 g/mol. The molecule has 2 N–H and O–H groups in total. The Morgan fingerprint density at radius 1 is 1.47 bits per heavy atom. The lowest BCUT2D eigenvalue weighted by Crippen LogP contribution is -2.40. The van der Waals surface area contributed by atoms with Gasteiger partial charge in [0.05, 0.1) is 19.4 Å². The van der Waals surface area contributed by atoms with Crippen molar-refractivity contribution >= 4 is 5.91 Å². The maximum absolute atomic E-state index is 11.7. The molecule has 1 amide bonds. The molecule has 0 bridgehead atoms. The molecular formula is C15H24N2O2. The minimum Gasteiger partial charge on any atom is -0.467 e. The van der Waals surface area contributed by atoms with Gasteiger partial charge >= 0.3 is 0 Å². The van der Waals surface area contributed by atoms with Crippen LogP contribution in [0.3, 0.4) is 0 Å². The zero-order valence-electron chi connectivity index (χ0n) is 12.0. The lowest BCUT2D eigenvalue weighted by atomic mass is 9.91. The molecule has 2 rings (SSSR count). The molecule has 106 valence electrons. The van der Waals surface area contributed by atoms with Crippen LogP contribution in [-0.2, 0) is 11.3 Å². The zero-order valence-corrected chi connectivity index (χ0v) is 12.0. The van der Waals surface area contributed by atoms with Gasteiger partial charge < -0.3 is 15.1 Å². The predicted molar refractivity (Wildman–Crippen MR) is 74.5 cm³/mol. The first-order valence-corrected chi connectivity index (χ1v) is 6.99. The molecule has 0 unspecified atom stereocenters. The van der Waals surface area contributed by atoms with E-state index in [1.54, 1.807) is 6.26 Å². The SMILES string of the molecule is C[C@@H]1CC(C)(C)C[C@@H]1NCC(=O)NCc1ccco1. The molecule has 1 fully saturated rings. The van der Waals surface area contributed by atoms with Gasteiger partial charge in [0.25, 0.3) is 0 Å². The standard InChI is InChI=1S/C15H24N2O2/c1-11-7-15(2,3)8-13(11)16-10-14(18)17-9-12-5-4-6-19-12/h4-6,11,13,16H,7-10H2,1-3H3,(H,17,18)/t11-,13+/m1/s1. The Kier molecular flexibility index (Phi) is 4.30. The summed E-state index contributed by atoms with van der Waals surface area (Å²) in [7, 11) is 0. The molecule has 1 aliphatic rings. The third-order valence-corrected chi connectivity index (χ3v) is 3.90. The van der Waals surface area contributed by atoms with Crippen molar-refractivity contribution in [2.45, 2.75) is 46.2 Å². The van der Waals surface area contributed by atoms with E-state index in [2.05, 4.69) is 31.4 Å². The van der Waals surface area contributed by atoms with E-state index in [4.69, 9.17) is 4.42 Å². The number of rotatable bonds is 5. The van der Waals surface area contributed by atoms with Gasteiger partial charge in [-0.25, -0.2) is 0 Å². The van der Waals surface area contributed by atoms with Gasteiger partial charge in [0, 0.05) is 6.04 Å². The molecule has 1 heterocycles. The largest absolute Gasteiger partial charge is 0.467 e.